The summed E-state index contributed by atoms with van der Waals surface area (Å²) < 4.78 is 5.66. The Morgan fingerprint density at radius 2 is 2.27 bits per heavy atom. The Morgan fingerprint density at radius 3 is 2.95 bits per heavy atom. The number of urea groups is 1. The van der Waals surface area contributed by atoms with Crippen LogP contribution in [0, 0.1) is 11.8 Å². The topological polar surface area (TPSA) is 61.8 Å². The minimum atomic E-state index is -0.444. The number of hydrogen-bond acceptors (Lipinski definition) is 3. The van der Waals surface area contributed by atoms with E-state index in [9.17, 15) is 9.90 Å². The average Bonchev–Trinajstić information content (AvgIpc) is 2.48. The number of ether oxygens (including phenoxy) is 1. The van der Waals surface area contributed by atoms with Gasteiger partial charge in [-0.25, -0.2) is 4.79 Å². The van der Waals surface area contributed by atoms with Crippen molar-refractivity contribution in [2.24, 2.45) is 11.8 Å². The number of likely N-dealkylation sites (tertiary alicyclic amines) is 1. The van der Waals surface area contributed by atoms with Crippen LogP contribution in [-0.2, 0) is 0 Å². The van der Waals surface area contributed by atoms with Crippen molar-refractivity contribution in [2.45, 2.75) is 33.3 Å². The van der Waals surface area contributed by atoms with E-state index in [-0.39, 0.29) is 11.9 Å². The highest BCUT2D eigenvalue weighted by Gasteiger charge is 2.27. The van der Waals surface area contributed by atoms with Crippen molar-refractivity contribution in [3.05, 3.63) is 24.3 Å². The minimum Gasteiger partial charge on any atom is -0.493 e. The van der Waals surface area contributed by atoms with Gasteiger partial charge in [-0.3, -0.25) is 0 Å². The van der Waals surface area contributed by atoms with Gasteiger partial charge in [-0.05, 0) is 30.4 Å². The van der Waals surface area contributed by atoms with Crippen LogP contribution in [0.1, 0.15) is 27.2 Å². The van der Waals surface area contributed by atoms with Gasteiger partial charge in [0.15, 0.2) is 0 Å². The first-order valence-corrected chi connectivity index (χ1v) is 7.92. The lowest BCUT2D eigenvalue weighted by Crippen LogP contribution is -2.47. The summed E-state index contributed by atoms with van der Waals surface area (Å²) in [6.07, 6.45) is 0.381. The van der Waals surface area contributed by atoms with Crippen LogP contribution < -0.4 is 10.1 Å². The minimum absolute atomic E-state index is 0.174. The molecule has 1 heterocycles. The molecule has 0 spiro atoms. The molecule has 0 aromatic heterocycles. The molecule has 5 nitrogen and oxygen atoms in total. The third-order valence-corrected chi connectivity index (χ3v) is 3.87. The molecule has 122 valence electrons. The van der Waals surface area contributed by atoms with Crippen LogP contribution in [0.5, 0.6) is 5.75 Å². The van der Waals surface area contributed by atoms with E-state index in [1.54, 1.807) is 4.90 Å². The van der Waals surface area contributed by atoms with E-state index in [4.69, 9.17) is 4.74 Å². The Balaban J connectivity index is 1.92. The molecule has 1 fully saturated rings. The van der Waals surface area contributed by atoms with E-state index in [0.29, 0.717) is 31.3 Å². The number of rotatable bonds is 4. The van der Waals surface area contributed by atoms with Crippen LogP contribution in [0.2, 0.25) is 0 Å². The van der Waals surface area contributed by atoms with Crippen molar-refractivity contribution >= 4 is 11.7 Å². The zero-order valence-corrected chi connectivity index (χ0v) is 13.6. The zero-order chi connectivity index (χ0) is 16.1. The summed E-state index contributed by atoms with van der Waals surface area (Å²) in [4.78, 5) is 13.9. The Morgan fingerprint density at radius 1 is 1.50 bits per heavy atom. The summed E-state index contributed by atoms with van der Waals surface area (Å²) in [7, 11) is 0. The van der Waals surface area contributed by atoms with Crippen LogP contribution in [0.25, 0.3) is 0 Å². The van der Waals surface area contributed by atoms with Crippen molar-refractivity contribution in [3.63, 3.8) is 0 Å². The normalized spacial score (nSPS) is 21.8. The van der Waals surface area contributed by atoms with Gasteiger partial charge in [0.1, 0.15) is 5.75 Å². The van der Waals surface area contributed by atoms with Gasteiger partial charge in [0.25, 0.3) is 0 Å². The number of aliphatic hydroxyl groups excluding tert-OH is 1. The molecular formula is C17H26N2O3. The van der Waals surface area contributed by atoms with Crippen molar-refractivity contribution in [1.82, 2.24) is 4.90 Å². The fraction of sp³-hybridized carbons (Fsp3) is 0.588. The molecule has 0 bridgehead atoms. The van der Waals surface area contributed by atoms with Gasteiger partial charge in [-0.2, -0.15) is 0 Å². The largest absolute Gasteiger partial charge is 0.493 e. The van der Waals surface area contributed by atoms with Gasteiger partial charge in [0.2, 0.25) is 0 Å². The molecule has 0 radical (unpaired) electrons. The van der Waals surface area contributed by atoms with E-state index >= 15 is 0 Å². The van der Waals surface area contributed by atoms with Gasteiger partial charge in [-0.15, -0.1) is 0 Å². The van der Waals surface area contributed by atoms with Crippen molar-refractivity contribution in [2.75, 3.05) is 25.0 Å². The summed E-state index contributed by atoms with van der Waals surface area (Å²) in [5, 5.41) is 12.8. The number of β-amino-alcohol motifs (C(OH)–C–C–N with tert-alkyl or cyclic N) is 1. The van der Waals surface area contributed by atoms with E-state index in [0.717, 1.165) is 12.2 Å². The number of nitrogens with zero attached hydrogens (tertiary/aromatic N) is 1. The summed E-state index contributed by atoms with van der Waals surface area (Å²) in [5.74, 6) is 1.45. The monoisotopic (exact) mass is 306 g/mol. The first-order valence-electron chi connectivity index (χ1n) is 7.92. The standard InChI is InChI=1S/C17H26N2O3/c1-12(2)11-22-15-6-4-5-14(9-15)18-17(21)19-8-7-13(3)16(20)10-19/h4-6,9,12-13,16,20H,7-8,10-11H2,1-3H3,(H,18,21). The third-order valence-electron chi connectivity index (χ3n) is 3.87. The quantitative estimate of drug-likeness (QED) is 0.899. The Hall–Kier alpha value is -1.75. The SMILES string of the molecule is CC(C)COc1cccc(NC(=O)N2CCC(C)C(O)C2)c1. The lowest BCUT2D eigenvalue weighted by atomic mass is 9.96. The zero-order valence-electron chi connectivity index (χ0n) is 13.6. The molecule has 0 aliphatic carbocycles. The molecule has 1 aromatic rings. The second-order valence-corrected chi connectivity index (χ2v) is 6.44. The molecule has 0 saturated carbocycles. The fourth-order valence-electron chi connectivity index (χ4n) is 2.36. The van der Waals surface area contributed by atoms with Crippen molar-refractivity contribution in [1.29, 1.82) is 0 Å². The highest BCUT2D eigenvalue weighted by atomic mass is 16.5. The molecular weight excluding hydrogens is 280 g/mol. The summed E-state index contributed by atoms with van der Waals surface area (Å²) in [6, 6.07) is 7.22. The lowest BCUT2D eigenvalue weighted by Gasteiger charge is -2.34. The summed E-state index contributed by atoms with van der Waals surface area (Å²) in [6.45, 7) is 7.90. The van der Waals surface area contributed by atoms with Crippen LogP contribution in [-0.4, -0.2) is 41.8 Å². The second-order valence-electron chi connectivity index (χ2n) is 6.44. The first-order chi connectivity index (χ1) is 10.5. The van der Waals surface area contributed by atoms with Crippen LogP contribution >= 0.6 is 0 Å². The predicted octanol–water partition coefficient (Wildman–Crippen LogP) is 2.96. The average molecular weight is 306 g/mol. The number of carbonyl (C=O) groups excluding carboxylic acids is 1. The Kier molecular flexibility index (Phi) is 5.66. The fourth-order valence-corrected chi connectivity index (χ4v) is 2.36. The van der Waals surface area contributed by atoms with E-state index in [1.807, 2.05) is 31.2 Å². The lowest BCUT2D eigenvalue weighted by molar-refractivity contribution is 0.0464. The number of piperidine rings is 1. The number of benzene rings is 1. The molecule has 1 aromatic carbocycles. The first kappa shape index (κ1) is 16.6. The molecule has 1 aliphatic rings. The highest BCUT2D eigenvalue weighted by Crippen LogP contribution is 2.21. The van der Waals surface area contributed by atoms with Crippen LogP contribution in [0.15, 0.2) is 24.3 Å². The van der Waals surface area contributed by atoms with Crippen molar-refractivity contribution < 1.29 is 14.6 Å². The number of carbonyl (C=O) groups is 1. The third kappa shape index (κ3) is 4.63. The number of anilines is 1. The maximum atomic E-state index is 12.3. The Bertz CT molecular complexity index is 504. The number of nitrogens with one attached hydrogen (secondary N) is 1. The van der Waals surface area contributed by atoms with E-state index < -0.39 is 6.10 Å². The molecule has 2 rings (SSSR count). The Labute approximate surface area is 132 Å². The van der Waals surface area contributed by atoms with Gasteiger partial charge >= 0.3 is 6.03 Å². The van der Waals surface area contributed by atoms with Crippen LogP contribution in [0.3, 0.4) is 0 Å². The maximum Gasteiger partial charge on any atom is 0.321 e. The summed E-state index contributed by atoms with van der Waals surface area (Å²) >= 11 is 0. The second kappa shape index (κ2) is 7.49. The molecule has 2 unspecified atom stereocenters. The summed E-state index contributed by atoms with van der Waals surface area (Å²) in [5.41, 5.74) is 0.708. The molecule has 1 aliphatic heterocycles. The number of hydrogen-bond donors (Lipinski definition) is 2. The maximum absolute atomic E-state index is 12.3. The molecule has 1 saturated heterocycles. The van der Waals surface area contributed by atoms with Crippen molar-refractivity contribution in [3.8, 4) is 5.75 Å². The molecule has 2 atom stereocenters. The number of amides is 2. The van der Waals surface area contributed by atoms with Gasteiger partial charge in [-0.1, -0.05) is 26.8 Å². The van der Waals surface area contributed by atoms with Crippen LogP contribution in [0.4, 0.5) is 10.5 Å². The molecule has 2 amide bonds. The smallest absolute Gasteiger partial charge is 0.321 e. The van der Waals surface area contributed by atoms with Gasteiger partial charge < -0.3 is 20.1 Å². The van der Waals surface area contributed by atoms with Gasteiger partial charge in [0, 0.05) is 24.8 Å². The predicted molar refractivity (Wildman–Crippen MR) is 87.2 cm³/mol. The molecule has 5 heteroatoms. The highest BCUT2D eigenvalue weighted by molar-refractivity contribution is 5.89. The molecule has 22 heavy (non-hydrogen) atoms. The van der Waals surface area contributed by atoms with Gasteiger partial charge in [0.05, 0.1) is 12.7 Å². The number of aliphatic hydroxyl groups is 1. The molecule has 2 N–H and O–H groups in total. The van der Waals surface area contributed by atoms with E-state index in [2.05, 4.69) is 19.2 Å². The van der Waals surface area contributed by atoms with E-state index in [1.165, 1.54) is 0 Å².